The maximum atomic E-state index is 12.0. The van der Waals surface area contributed by atoms with E-state index < -0.39 is 0 Å². The van der Waals surface area contributed by atoms with Crippen molar-refractivity contribution in [2.45, 2.75) is 19.9 Å². The average Bonchev–Trinajstić information content (AvgIpc) is 2.97. The number of carbonyl (C=O) groups excluding carboxylic acids is 1. The van der Waals surface area contributed by atoms with E-state index in [0.29, 0.717) is 62.9 Å². The zero-order valence-corrected chi connectivity index (χ0v) is 23.2. The van der Waals surface area contributed by atoms with Crippen LogP contribution in [0.25, 0.3) is 0 Å². The van der Waals surface area contributed by atoms with Crippen LogP contribution in [0.1, 0.15) is 24.2 Å². The first-order chi connectivity index (χ1) is 19.5. The Morgan fingerprint density at radius 3 is 2.15 bits per heavy atom. The van der Waals surface area contributed by atoms with Gasteiger partial charge < -0.3 is 40.6 Å². The van der Waals surface area contributed by atoms with Crippen LogP contribution < -0.4 is 26.0 Å². The van der Waals surface area contributed by atoms with Gasteiger partial charge in [-0.3, -0.25) is 4.79 Å². The van der Waals surface area contributed by atoms with Crippen molar-refractivity contribution in [1.82, 2.24) is 20.3 Å². The summed E-state index contributed by atoms with van der Waals surface area (Å²) in [6, 6.07) is 16.2. The minimum atomic E-state index is -0.209. The summed E-state index contributed by atoms with van der Waals surface area (Å²) in [5.74, 6) is 1.85. The number of rotatable bonds is 18. The number of aromatic nitrogens is 3. The first-order valence-corrected chi connectivity index (χ1v) is 13.3. The fraction of sp³-hybridized carbons (Fsp3) is 0.429. The molecule has 0 saturated heterocycles. The van der Waals surface area contributed by atoms with Crippen molar-refractivity contribution in [3.63, 3.8) is 0 Å². The van der Waals surface area contributed by atoms with Gasteiger partial charge in [-0.05, 0) is 42.3 Å². The van der Waals surface area contributed by atoms with Crippen LogP contribution in [0.2, 0.25) is 0 Å². The number of ether oxygens (including phenoxy) is 3. The molecule has 3 rings (SSSR count). The molecule has 0 aliphatic carbocycles. The lowest BCUT2D eigenvalue weighted by atomic mass is 10.1. The first kappa shape index (κ1) is 30.5. The third-order valence-corrected chi connectivity index (χ3v) is 5.77. The molecule has 12 nitrogen and oxygen atoms in total. The summed E-state index contributed by atoms with van der Waals surface area (Å²) in [6.07, 6.45) is 0. The molecule has 0 aliphatic heterocycles. The van der Waals surface area contributed by atoms with Gasteiger partial charge in [0.05, 0.1) is 46.2 Å². The number of carbonyl (C=O) groups is 1. The second-order valence-corrected chi connectivity index (χ2v) is 9.11. The summed E-state index contributed by atoms with van der Waals surface area (Å²) < 4.78 is 16.3. The normalized spacial score (nSPS) is 11.6. The van der Waals surface area contributed by atoms with Crippen LogP contribution in [0, 0.1) is 5.92 Å². The monoisotopic (exact) mass is 553 g/mol. The molecule has 0 unspecified atom stereocenters. The first-order valence-electron chi connectivity index (χ1n) is 13.3. The van der Waals surface area contributed by atoms with Crippen molar-refractivity contribution in [2.24, 2.45) is 5.92 Å². The maximum Gasteiger partial charge on any atom is 0.251 e. The van der Waals surface area contributed by atoms with Gasteiger partial charge in [-0.1, -0.05) is 32.0 Å². The topological polar surface area (TPSA) is 152 Å². The Morgan fingerprint density at radius 2 is 1.50 bits per heavy atom. The molecule has 2 aromatic carbocycles. The van der Waals surface area contributed by atoms with Crippen LogP contribution >= 0.6 is 0 Å². The van der Waals surface area contributed by atoms with Crippen molar-refractivity contribution >= 4 is 29.4 Å². The highest BCUT2D eigenvalue weighted by molar-refractivity contribution is 5.94. The van der Waals surface area contributed by atoms with Crippen LogP contribution in [0.5, 0.6) is 5.75 Å². The molecule has 216 valence electrons. The molecular formula is C28H39N7O5. The standard InChI is InChI=1S/C28H39N7O5/c1-20(2)24(19-36)32-28-34-26(33-27(35-28)31-22-9-11-23(38-3)12-10-22)30-14-16-40-18-17-39-15-13-29-25(37)21-7-5-4-6-8-21/h4-12,20,24,36H,13-19H2,1-3H3,(H,29,37)(H3,30,31,32,33,34,35)/t24-/m0/s1. The van der Waals surface area contributed by atoms with Gasteiger partial charge in [-0.25, -0.2) is 0 Å². The molecule has 5 N–H and O–H groups in total. The van der Waals surface area contributed by atoms with E-state index in [2.05, 4.69) is 36.2 Å². The predicted octanol–water partition coefficient (Wildman–Crippen LogP) is 2.93. The van der Waals surface area contributed by atoms with Crippen molar-refractivity contribution in [2.75, 3.05) is 69.2 Å². The second kappa shape index (κ2) is 16.9. The second-order valence-electron chi connectivity index (χ2n) is 9.11. The number of hydrogen-bond donors (Lipinski definition) is 5. The van der Waals surface area contributed by atoms with Crippen LogP contribution in [0.15, 0.2) is 54.6 Å². The van der Waals surface area contributed by atoms with Crippen molar-refractivity contribution in [3.8, 4) is 5.75 Å². The molecule has 0 saturated carbocycles. The molecule has 40 heavy (non-hydrogen) atoms. The van der Waals surface area contributed by atoms with E-state index in [0.717, 1.165) is 11.4 Å². The molecule has 3 aromatic rings. The number of methoxy groups -OCH3 is 1. The Labute approximate surface area is 234 Å². The van der Waals surface area contributed by atoms with E-state index in [1.807, 2.05) is 56.3 Å². The van der Waals surface area contributed by atoms with Crippen LogP contribution in [0.3, 0.4) is 0 Å². The Hall–Kier alpha value is -4.00. The summed E-state index contributed by atoms with van der Waals surface area (Å²) in [4.78, 5) is 25.4. The van der Waals surface area contributed by atoms with E-state index in [1.165, 1.54) is 0 Å². The Kier molecular flexibility index (Phi) is 12.9. The molecule has 0 fully saturated rings. The minimum Gasteiger partial charge on any atom is -0.497 e. The van der Waals surface area contributed by atoms with Crippen LogP contribution in [0.4, 0.5) is 23.5 Å². The van der Waals surface area contributed by atoms with E-state index in [4.69, 9.17) is 14.2 Å². The van der Waals surface area contributed by atoms with Gasteiger partial charge in [-0.2, -0.15) is 15.0 Å². The van der Waals surface area contributed by atoms with E-state index in [1.54, 1.807) is 19.2 Å². The highest BCUT2D eigenvalue weighted by Gasteiger charge is 2.15. The summed E-state index contributed by atoms with van der Waals surface area (Å²) in [6.45, 7) is 6.48. The third-order valence-electron chi connectivity index (χ3n) is 5.77. The number of anilines is 4. The van der Waals surface area contributed by atoms with Gasteiger partial charge in [0.15, 0.2) is 0 Å². The number of aliphatic hydroxyl groups is 1. The lowest BCUT2D eigenvalue weighted by Crippen LogP contribution is -2.30. The fourth-order valence-electron chi connectivity index (χ4n) is 3.45. The largest absolute Gasteiger partial charge is 0.497 e. The van der Waals surface area contributed by atoms with Crippen molar-refractivity contribution < 1.29 is 24.1 Å². The molecule has 1 heterocycles. The zero-order chi connectivity index (χ0) is 28.6. The maximum absolute atomic E-state index is 12.0. The summed E-state index contributed by atoms with van der Waals surface area (Å²) >= 11 is 0. The van der Waals surface area contributed by atoms with E-state index in [-0.39, 0.29) is 24.5 Å². The van der Waals surface area contributed by atoms with E-state index in [9.17, 15) is 9.90 Å². The number of nitrogens with one attached hydrogen (secondary N) is 4. The Morgan fingerprint density at radius 1 is 0.850 bits per heavy atom. The number of hydrogen-bond acceptors (Lipinski definition) is 11. The minimum absolute atomic E-state index is 0.0529. The molecule has 1 aromatic heterocycles. The Balaban J connectivity index is 1.42. The number of benzene rings is 2. The molecule has 0 radical (unpaired) electrons. The van der Waals surface area contributed by atoms with Crippen molar-refractivity contribution in [1.29, 1.82) is 0 Å². The molecule has 0 aliphatic rings. The molecule has 1 atom stereocenters. The smallest absolute Gasteiger partial charge is 0.251 e. The number of nitrogens with zero attached hydrogens (tertiary/aromatic N) is 3. The third kappa shape index (κ3) is 10.6. The van der Waals surface area contributed by atoms with Crippen molar-refractivity contribution in [3.05, 3.63) is 60.2 Å². The van der Waals surface area contributed by atoms with Gasteiger partial charge >= 0.3 is 0 Å². The molecule has 12 heteroatoms. The van der Waals surface area contributed by atoms with Gasteiger partial charge in [0.2, 0.25) is 17.8 Å². The molecular weight excluding hydrogens is 514 g/mol. The number of aliphatic hydroxyl groups excluding tert-OH is 1. The van der Waals surface area contributed by atoms with Gasteiger partial charge in [0.1, 0.15) is 5.75 Å². The Bertz CT molecular complexity index is 1150. The van der Waals surface area contributed by atoms with Gasteiger partial charge in [-0.15, -0.1) is 0 Å². The summed E-state index contributed by atoms with van der Waals surface area (Å²) in [7, 11) is 1.61. The molecule has 0 spiro atoms. The molecule has 1 amide bonds. The van der Waals surface area contributed by atoms with E-state index >= 15 is 0 Å². The predicted molar refractivity (Wildman–Crippen MR) is 154 cm³/mol. The van der Waals surface area contributed by atoms with Crippen LogP contribution in [-0.4, -0.2) is 85.2 Å². The highest BCUT2D eigenvalue weighted by atomic mass is 16.5. The lowest BCUT2D eigenvalue weighted by molar-refractivity contribution is 0.0519. The lowest BCUT2D eigenvalue weighted by Gasteiger charge is -2.20. The number of amides is 1. The SMILES string of the molecule is COc1ccc(Nc2nc(NCCOCCOCCNC(=O)c3ccccc3)nc(N[C@@H](CO)C(C)C)n2)cc1. The van der Waals surface area contributed by atoms with Crippen LogP contribution in [-0.2, 0) is 9.47 Å². The summed E-state index contributed by atoms with van der Waals surface area (Å²) in [5, 5.41) is 22.0. The molecule has 0 bridgehead atoms. The van der Waals surface area contributed by atoms with Gasteiger partial charge in [0, 0.05) is 24.3 Å². The zero-order valence-electron chi connectivity index (χ0n) is 23.2. The average molecular weight is 554 g/mol. The summed E-state index contributed by atoms with van der Waals surface area (Å²) in [5.41, 5.74) is 1.41. The van der Waals surface area contributed by atoms with Gasteiger partial charge in [0.25, 0.3) is 5.91 Å². The highest BCUT2D eigenvalue weighted by Crippen LogP contribution is 2.20. The fourth-order valence-corrected chi connectivity index (χ4v) is 3.45. The quantitative estimate of drug-likeness (QED) is 0.148.